The topological polar surface area (TPSA) is 52.6 Å². The van der Waals surface area contributed by atoms with Crippen LogP contribution in [0.4, 0.5) is 0 Å². The minimum Gasteiger partial charge on any atom is -0.357 e. The Kier molecular flexibility index (Phi) is 11.6. The minimum atomic E-state index is 0. The third-order valence-electron chi connectivity index (χ3n) is 3.25. The van der Waals surface area contributed by atoms with Crippen molar-refractivity contribution in [1.82, 2.24) is 20.5 Å². The van der Waals surface area contributed by atoms with Crippen molar-refractivity contribution in [2.75, 3.05) is 40.3 Å². The molecule has 1 rings (SSSR count). The molecule has 2 N–H and O–H groups in total. The minimum absolute atomic E-state index is 0. The second-order valence-electron chi connectivity index (χ2n) is 6.76. The molecule has 0 aliphatic carbocycles. The zero-order valence-corrected chi connectivity index (χ0v) is 18.5. The van der Waals surface area contributed by atoms with Gasteiger partial charge in [0, 0.05) is 32.4 Å². The largest absolute Gasteiger partial charge is 0.357 e. The molecule has 138 valence electrons. The van der Waals surface area contributed by atoms with Gasteiger partial charge in [0.25, 0.3) is 0 Å². The van der Waals surface area contributed by atoms with Gasteiger partial charge >= 0.3 is 0 Å². The number of hydrogen-bond acceptors (Lipinski definition) is 3. The van der Waals surface area contributed by atoms with Crippen LogP contribution in [-0.2, 0) is 6.42 Å². The smallest absolute Gasteiger partial charge is 0.191 e. The Morgan fingerprint density at radius 3 is 2.54 bits per heavy atom. The summed E-state index contributed by atoms with van der Waals surface area (Å²) >= 11 is 5.80. The van der Waals surface area contributed by atoms with E-state index in [4.69, 9.17) is 16.6 Å². The molecule has 0 bridgehead atoms. The van der Waals surface area contributed by atoms with Gasteiger partial charge in [-0.15, -0.1) is 24.0 Å². The average Bonchev–Trinajstić information content (AvgIpc) is 2.45. The van der Waals surface area contributed by atoms with E-state index in [1.54, 1.807) is 0 Å². The van der Waals surface area contributed by atoms with Crippen LogP contribution in [0.2, 0.25) is 5.15 Å². The van der Waals surface area contributed by atoms with Crippen LogP contribution in [0.1, 0.15) is 26.3 Å². The number of aliphatic imine (C=N–C) groups is 1. The number of hydrogen-bond donors (Lipinski definition) is 2. The summed E-state index contributed by atoms with van der Waals surface area (Å²) in [5, 5.41) is 7.19. The SMILES string of the molecule is CCNC(=NCC(C)(C)CN(C)C)NCCc1ccc(Cl)nc1.I. The van der Waals surface area contributed by atoms with Gasteiger partial charge in [-0.1, -0.05) is 31.5 Å². The first-order valence-corrected chi connectivity index (χ1v) is 8.47. The fraction of sp³-hybridized carbons (Fsp3) is 0.647. The molecular formula is C17H31ClIN5. The molecule has 1 heterocycles. The molecule has 5 nitrogen and oxygen atoms in total. The van der Waals surface area contributed by atoms with E-state index in [9.17, 15) is 0 Å². The lowest BCUT2D eigenvalue weighted by molar-refractivity contribution is 0.248. The quantitative estimate of drug-likeness (QED) is 0.267. The molecule has 0 saturated carbocycles. The van der Waals surface area contributed by atoms with Crippen LogP contribution >= 0.6 is 35.6 Å². The molecule has 0 aromatic carbocycles. The Bertz CT molecular complexity index is 488. The predicted octanol–water partition coefficient (Wildman–Crippen LogP) is 3.04. The molecule has 1 aromatic heterocycles. The molecule has 7 heteroatoms. The molecule has 0 aliphatic rings. The van der Waals surface area contributed by atoms with E-state index < -0.39 is 0 Å². The summed E-state index contributed by atoms with van der Waals surface area (Å²) in [6, 6.07) is 3.82. The first-order valence-electron chi connectivity index (χ1n) is 8.10. The number of nitrogens with one attached hydrogen (secondary N) is 2. The summed E-state index contributed by atoms with van der Waals surface area (Å²) in [5.41, 5.74) is 1.30. The van der Waals surface area contributed by atoms with Gasteiger partial charge in [-0.05, 0) is 44.5 Å². The lowest BCUT2D eigenvalue weighted by Gasteiger charge is -2.26. The fourth-order valence-corrected chi connectivity index (χ4v) is 2.53. The normalized spacial score (nSPS) is 12.0. The van der Waals surface area contributed by atoms with Gasteiger partial charge in [-0.3, -0.25) is 4.99 Å². The summed E-state index contributed by atoms with van der Waals surface area (Å²) in [5.74, 6) is 0.862. The van der Waals surface area contributed by atoms with Crippen LogP contribution in [0.3, 0.4) is 0 Å². The highest BCUT2D eigenvalue weighted by atomic mass is 127. The highest BCUT2D eigenvalue weighted by molar-refractivity contribution is 14.0. The molecule has 0 spiro atoms. The molecule has 0 atom stereocenters. The van der Waals surface area contributed by atoms with Crippen molar-refractivity contribution in [2.24, 2.45) is 10.4 Å². The lowest BCUT2D eigenvalue weighted by atomic mass is 9.93. The maximum absolute atomic E-state index is 5.80. The molecular weight excluding hydrogens is 437 g/mol. The van der Waals surface area contributed by atoms with Gasteiger partial charge < -0.3 is 15.5 Å². The second-order valence-corrected chi connectivity index (χ2v) is 7.15. The van der Waals surface area contributed by atoms with E-state index in [-0.39, 0.29) is 29.4 Å². The van der Waals surface area contributed by atoms with Crippen LogP contribution in [0.15, 0.2) is 23.3 Å². The van der Waals surface area contributed by atoms with Crippen molar-refractivity contribution in [3.8, 4) is 0 Å². The Labute approximate surface area is 168 Å². The summed E-state index contributed by atoms with van der Waals surface area (Å²) < 4.78 is 0. The summed E-state index contributed by atoms with van der Waals surface area (Å²) in [6.45, 7) is 9.99. The van der Waals surface area contributed by atoms with Gasteiger partial charge in [0.15, 0.2) is 5.96 Å². The maximum Gasteiger partial charge on any atom is 0.191 e. The Morgan fingerprint density at radius 2 is 2.00 bits per heavy atom. The summed E-state index contributed by atoms with van der Waals surface area (Å²) in [4.78, 5) is 11.0. The third-order valence-corrected chi connectivity index (χ3v) is 3.47. The summed E-state index contributed by atoms with van der Waals surface area (Å²) in [7, 11) is 4.18. The molecule has 0 aliphatic heterocycles. The third kappa shape index (κ3) is 10.3. The number of halogens is 2. The number of nitrogens with zero attached hydrogens (tertiary/aromatic N) is 3. The zero-order chi connectivity index (χ0) is 17.3. The van der Waals surface area contributed by atoms with Crippen molar-refractivity contribution < 1.29 is 0 Å². The average molecular weight is 468 g/mol. The fourth-order valence-electron chi connectivity index (χ4n) is 2.42. The number of rotatable bonds is 8. The van der Waals surface area contributed by atoms with Gasteiger partial charge in [0.1, 0.15) is 5.15 Å². The molecule has 0 radical (unpaired) electrons. The van der Waals surface area contributed by atoms with Crippen LogP contribution in [-0.4, -0.2) is 56.1 Å². The monoisotopic (exact) mass is 467 g/mol. The first kappa shape index (κ1) is 23.4. The standard InChI is InChI=1S/C17H30ClN5.HI/c1-6-19-16(22-12-17(2,3)13-23(4)5)20-10-9-14-7-8-15(18)21-11-14;/h7-8,11H,6,9-10,12-13H2,1-5H3,(H2,19,20,22);1H. The van der Waals surface area contributed by atoms with E-state index in [2.05, 4.69) is 55.4 Å². The van der Waals surface area contributed by atoms with Crippen molar-refractivity contribution in [2.45, 2.75) is 27.2 Å². The van der Waals surface area contributed by atoms with Gasteiger partial charge in [-0.2, -0.15) is 0 Å². The zero-order valence-electron chi connectivity index (χ0n) is 15.4. The van der Waals surface area contributed by atoms with Crippen LogP contribution < -0.4 is 10.6 Å². The number of aromatic nitrogens is 1. The van der Waals surface area contributed by atoms with Crippen LogP contribution in [0, 0.1) is 5.41 Å². The number of pyridine rings is 1. The van der Waals surface area contributed by atoms with Crippen molar-refractivity contribution in [3.05, 3.63) is 29.0 Å². The van der Waals surface area contributed by atoms with Gasteiger partial charge in [-0.25, -0.2) is 4.98 Å². The maximum atomic E-state index is 5.80. The second kappa shape index (κ2) is 11.9. The summed E-state index contributed by atoms with van der Waals surface area (Å²) in [6.07, 6.45) is 2.70. The van der Waals surface area contributed by atoms with Gasteiger partial charge in [0.05, 0.1) is 0 Å². The van der Waals surface area contributed by atoms with E-state index in [1.165, 1.54) is 0 Å². The highest BCUT2D eigenvalue weighted by Crippen LogP contribution is 2.16. The number of guanidine groups is 1. The van der Waals surface area contributed by atoms with Crippen molar-refractivity contribution >= 4 is 41.5 Å². The van der Waals surface area contributed by atoms with Gasteiger partial charge in [0.2, 0.25) is 0 Å². The first-order chi connectivity index (χ1) is 10.8. The highest BCUT2D eigenvalue weighted by Gasteiger charge is 2.18. The lowest BCUT2D eigenvalue weighted by Crippen LogP contribution is -2.40. The van der Waals surface area contributed by atoms with E-state index in [1.807, 2.05) is 18.3 Å². The van der Waals surface area contributed by atoms with Crippen LogP contribution in [0.5, 0.6) is 0 Å². The Hall–Kier alpha value is -0.600. The molecule has 0 unspecified atom stereocenters. The van der Waals surface area contributed by atoms with E-state index in [0.717, 1.165) is 44.1 Å². The van der Waals surface area contributed by atoms with E-state index >= 15 is 0 Å². The molecule has 0 amide bonds. The molecule has 1 aromatic rings. The molecule has 0 saturated heterocycles. The van der Waals surface area contributed by atoms with Crippen LogP contribution in [0.25, 0.3) is 0 Å². The van der Waals surface area contributed by atoms with E-state index in [0.29, 0.717) is 5.15 Å². The van der Waals surface area contributed by atoms with Crippen molar-refractivity contribution in [1.29, 1.82) is 0 Å². The predicted molar refractivity (Wildman–Crippen MR) is 115 cm³/mol. The Morgan fingerprint density at radius 1 is 1.29 bits per heavy atom. The van der Waals surface area contributed by atoms with Crippen molar-refractivity contribution in [3.63, 3.8) is 0 Å². The molecule has 0 fully saturated rings. The molecule has 24 heavy (non-hydrogen) atoms. The Balaban J connectivity index is 0.00000529.